The van der Waals surface area contributed by atoms with Gasteiger partial charge in [0.2, 0.25) is 0 Å². The largest absolute Gasteiger partial charge is 0.508 e. The second-order valence-corrected chi connectivity index (χ2v) is 5.42. The van der Waals surface area contributed by atoms with Crippen molar-refractivity contribution in [2.75, 3.05) is 0 Å². The number of nitrogens with zero attached hydrogens (tertiary/aromatic N) is 1. The summed E-state index contributed by atoms with van der Waals surface area (Å²) in [7, 11) is 0. The maximum absolute atomic E-state index is 12.5. The fourth-order valence-corrected chi connectivity index (χ4v) is 3.32. The van der Waals surface area contributed by atoms with Crippen molar-refractivity contribution >= 4 is 5.91 Å². The van der Waals surface area contributed by atoms with E-state index in [9.17, 15) is 20.1 Å². The standard InChI is InChI=1S/C14H17NO4/c16-10-3-4-12(13(18)7-10)14(19)15-8-1-2-9(15)6-11(17)5-8/h3-4,7-9,11,16-18H,1-2,5-6H2. The number of phenolic OH excluding ortho intramolecular Hbond substituents is 2. The van der Waals surface area contributed by atoms with Crippen molar-refractivity contribution < 1.29 is 20.1 Å². The van der Waals surface area contributed by atoms with Gasteiger partial charge >= 0.3 is 0 Å². The number of carbonyl (C=O) groups is 1. The summed E-state index contributed by atoms with van der Waals surface area (Å²) in [6.45, 7) is 0. The van der Waals surface area contributed by atoms with E-state index in [0.29, 0.717) is 12.8 Å². The Kier molecular flexibility index (Phi) is 2.86. The van der Waals surface area contributed by atoms with Crippen LogP contribution in [0.4, 0.5) is 0 Å². The Labute approximate surface area is 111 Å². The summed E-state index contributed by atoms with van der Waals surface area (Å²) >= 11 is 0. The number of aliphatic hydroxyl groups is 1. The number of phenols is 2. The number of piperidine rings is 1. The highest BCUT2D eigenvalue weighted by Crippen LogP contribution is 2.38. The quantitative estimate of drug-likeness (QED) is 0.711. The molecule has 5 heteroatoms. The van der Waals surface area contributed by atoms with E-state index in [1.807, 2.05) is 0 Å². The summed E-state index contributed by atoms with van der Waals surface area (Å²) in [5, 5.41) is 28.8. The molecule has 2 aliphatic heterocycles. The van der Waals surface area contributed by atoms with Gasteiger partial charge in [-0.2, -0.15) is 0 Å². The molecule has 0 saturated carbocycles. The summed E-state index contributed by atoms with van der Waals surface area (Å²) in [6, 6.07) is 4.14. The van der Waals surface area contributed by atoms with Crippen LogP contribution in [0, 0.1) is 0 Å². The maximum Gasteiger partial charge on any atom is 0.258 e. The van der Waals surface area contributed by atoms with E-state index in [-0.39, 0.29) is 41.2 Å². The van der Waals surface area contributed by atoms with Crippen LogP contribution in [0.2, 0.25) is 0 Å². The Morgan fingerprint density at radius 2 is 1.79 bits per heavy atom. The third-order valence-electron chi connectivity index (χ3n) is 4.15. The third kappa shape index (κ3) is 2.04. The zero-order chi connectivity index (χ0) is 13.6. The Hall–Kier alpha value is -1.75. The first kappa shape index (κ1) is 12.3. The summed E-state index contributed by atoms with van der Waals surface area (Å²) in [5.74, 6) is -0.474. The van der Waals surface area contributed by atoms with E-state index >= 15 is 0 Å². The minimum atomic E-state index is -0.324. The Morgan fingerprint density at radius 1 is 1.16 bits per heavy atom. The Morgan fingerprint density at radius 3 is 2.37 bits per heavy atom. The number of hydrogen-bond acceptors (Lipinski definition) is 4. The van der Waals surface area contributed by atoms with Gasteiger partial charge in [0.05, 0.1) is 11.7 Å². The SMILES string of the molecule is O=C(c1ccc(O)cc1O)N1C2CCC1CC(O)C2. The van der Waals surface area contributed by atoms with Crippen LogP contribution in [0.5, 0.6) is 11.5 Å². The summed E-state index contributed by atoms with van der Waals surface area (Å²) in [4.78, 5) is 14.3. The van der Waals surface area contributed by atoms with Gasteiger partial charge in [0, 0.05) is 18.2 Å². The summed E-state index contributed by atoms with van der Waals surface area (Å²) in [6.07, 6.45) is 2.72. The average Bonchev–Trinajstić information content (AvgIpc) is 2.61. The summed E-state index contributed by atoms with van der Waals surface area (Å²) < 4.78 is 0. The van der Waals surface area contributed by atoms with Gasteiger partial charge in [0.25, 0.3) is 5.91 Å². The molecule has 2 unspecified atom stereocenters. The molecule has 0 radical (unpaired) electrons. The second-order valence-electron chi connectivity index (χ2n) is 5.42. The molecule has 19 heavy (non-hydrogen) atoms. The van der Waals surface area contributed by atoms with Crippen molar-refractivity contribution in [3.63, 3.8) is 0 Å². The van der Waals surface area contributed by atoms with E-state index < -0.39 is 0 Å². The molecular weight excluding hydrogens is 246 g/mol. The molecule has 2 aliphatic rings. The molecule has 0 aromatic heterocycles. The first-order valence-corrected chi connectivity index (χ1v) is 6.59. The van der Waals surface area contributed by atoms with Crippen molar-refractivity contribution in [1.82, 2.24) is 4.90 Å². The van der Waals surface area contributed by atoms with Gasteiger partial charge < -0.3 is 20.2 Å². The average molecular weight is 263 g/mol. The number of amides is 1. The van der Waals surface area contributed by atoms with E-state index in [1.54, 1.807) is 4.90 Å². The van der Waals surface area contributed by atoms with Crippen LogP contribution < -0.4 is 0 Å². The minimum absolute atomic E-state index is 0.0638. The van der Waals surface area contributed by atoms with Crippen LogP contribution in [0.25, 0.3) is 0 Å². The van der Waals surface area contributed by atoms with Gasteiger partial charge in [0.1, 0.15) is 11.5 Å². The number of aliphatic hydroxyl groups excluding tert-OH is 1. The number of hydrogen-bond donors (Lipinski definition) is 3. The zero-order valence-electron chi connectivity index (χ0n) is 10.5. The first-order chi connectivity index (χ1) is 9.06. The highest BCUT2D eigenvalue weighted by molar-refractivity contribution is 5.97. The fraction of sp³-hybridized carbons (Fsp3) is 0.500. The molecule has 2 heterocycles. The molecule has 102 valence electrons. The van der Waals surface area contributed by atoms with E-state index in [4.69, 9.17) is 0 Å². The number of aromatic hydroxyl groups is 2. The topological polar surface area (TPSA) is 81.0 Å². The highest BCUT2D eigenvalue weighted by atomic mass is 16.3. The number of fused-ring (bicyclic) bond motifs is 2. The number of carbonyl (C=O) groups excluding carboxylic acids is 1. The molecule has 3 rings (SSSR count). The number of rotatable bonds is 1. The lowest BCUT2D eigenvalue weighted by atomic mass is 9.98. The molecule has 3 N–H and O–H groups in total. The molecule has 2 bridgehead atoms. The smallest absolute Gasteiger partial charge is 0.258 e. The van der Waals surface area contributed by atoms with Crippen molar-refractivity contribution in [3.05, 3.63) is 23.8 Å². The van der Waals surface area contributed by atoms with E-state index in [1.165, 1.54) is 18.2 Å². The predicted octanol–water partition coefficient (Wildman–Crippen LogP) is 1.23. The Bertz CT molecular complexity index is 502. The van der Waals surface area contributed by atoms with Gasteiger partial charge in [-0.1, -0.05) is 0 Å². The van der Waals surface area contributed by atoms with Crippen LogP contribution in [0.3, 0.4) is 0 Å². The number of benzene rings is 1. The van der Waals surface area contributed by atoms with Crippen LogP contribution in [-0.4, -0.2) is 44.3 Å². The van der Waals surface area contributed by atoms with Gasteiger partial charge in [0.15, 0.2) is 0 Å². The van der Waals surface area contributed by atoms with Crippen LogP contribution in [0.1, 0.15) is 36.0 Å². The third-order valence-corrected chi connectivity index (χ3v) is 4.15. The molecular formula is C14H17NO4. The molecule has 1 amide bonds. The van der Waals surface area contributed by atoms with Crippen LogP contribution >= 0.6 is 0 Å². The van der Waals surface area contributed by atoms with E-state index in [2.05, 4.69) is 0 Å². The van der Waals surface area contributed by atoms with Gasteiger partial charge in [-0.3, -0.25) is 4.79 Å². The molecule has 2 atom stereocenters. The molecule has 2 fully saturated rings. The van der Waals surface area contributed by atoms with Crippen molar-refractivity contribution in [2.45, 2.75) is 43.9 Å². The normalized spacial score (nSPS) is 29.5. The minimum Gasteiger partial charge on any atom is -0.508 e. The predicted molar refractivity (Wildman–Crippen MR) is 68.0 cm³/mol. The summed E-state index contributed by atoms with van der Waals surface area (Å²) in [5.41, 5.74) is 0.214. The van der Waals surface area contributed by atoms with Crippen molar-refractivity contribution in [3.8, 4) is 11.5 Å². The fourth-order valence-electron chi connectivity index (χ4n) is 3.32. The van der Waals surface area contributed by atoms with Gasteiger partial charge in [-0.05, 0) is 37.8 Å². The van der Waals surface area contributed by atoms with Crippen LogP contribution in [0.15, 0.2) is 18.2 Å². The molecule has 5 nitrogen and oxygen atoms in total. The molecule has 2 saturated heterocycles. The van der Waals surface area contributed by atoms with Gasteiger partial charge in [-0.25, -0.2) is 0 Å². The maximum atomic E-state index is 12.5. The lowest BCUT2D eigenvalue weighted by Crippen LogP contribution is -2.48. The first-order valence-electron chi connectivity index (χ1n) is 6.59. The zero-order valence-corrected chi connectivity index (χ0v) is 10.5. The Balaban J connectivity index is 1.88. The molecule has 1 aromatic carbocycles. The lowest BCUT2D eigenvalue weighted by Gasteiger charge is -2.37. The second kappa shape index (κ2) is 4.42. The molecule has 0 spiro atoms. The van der Waals surface area contributed by atoms with E-state index in [0.717, 1.165) is 12.8 Å². The molecule has 0 aliphatic carbocycles. The van der Waals surface area contributed by atoms with Crippen molar-refractivity contribution in [1.29, 1.82) is 0 Å². The van der Waals surface area contributed by atoms with Crippen molar-refractivity contribution in [2.24, 2.45) is 0 Å². The lowest BCUT2D eigenvalue weighted by molar-refractivity contribution is 0.0285. The highest BCUT2D eigenvalue weighted by Gasteiger charge is 2.43. The van der Waals surface area contributed by atoms with Crippen LogP contribution in [-0.2, 0) is 0 Å². The molecule has 1 aromatic rings. The van der Waals surface area contributed by atoms with Gasteiger partial charge in [-0.15, -0.1) is 0 Å². The monoisotopic (exact) mass is 263 g/mol.